The fourth-order valence-corrected chi connectivity index (χ4v) is 3.23. The molecule has 0 spiro atoms. The summed E-state index contributed by atoms with van der Waals surface area (Å²) in [4.78, 5) is 12.0. The SMILES string of the molecule is CCCCCCCCCCCC(=O)Oc1ccc(N=Nc2ccc(OCC)cc2)cc1. The minimum atomic E-state index is -0.174. The number of carbonyl (C=O) groups excluding carboxylic acids is 1. The number of esters is 1. The molecule has 0 bridgehead atoms. The van der Waals surface area contributed by atoms with E-state index >= 15 is 0 Å². The zero-order chi connectivity index (χ0) is 22.2. The summed E-state index contributed by atoms with van der Waals surface area (Å²) in [7, 11) is 0. The number of benzene rings is 2. The monoisotopic (exact) mass is 424 g/mol. The Kier molecular flexibility index (Phi) is 12.0. The summed E-state index contributed by atoms with van der Waals surface area (Å²) < 4.78 is 10.8. The van der Waals surface area contributed by atoms with Gasteiger partial charge in [0, 0.05) is 6.42 Å². The summed E-state index contributed by atoms with van der Waals surface area (Å²) >= 11 is 0. The molecule has 0 amide bonds. The smallest absolute Gasteiger partial charge is 0.311 e. The first-order chi connectivity index (χ1) is 15.2. The van der Waals surface area contributed by atoms with Crippen molar-refractivity contribution in [2.75, 3.05) is 6.61 Å². The molecule has 0 aromatic heterocycles. The molecule has 5 nitrogen and oxygen atoms in total. The number of azo groups is 1. The Bertz CT molecular complexity index is 770. The number of carbonyl (C=O) groups is 1. The van der Waals surface area contributed by atoms with E-state index in [0.29, 0.717) is 24.5 Å². The summed E-state index contributed by atoms with van der Waals surface area (Å²) in [5.74, 6) is 1.18. The fraction of sp³-hybridized carbons (Fsp3) is 0.500. The molecule has 31 heavy (non-hydrogen) atoms. The average molecular weight is 425 g/mol. The first-order valence-electron chi connectivity index (χ1n) is 11.7. The van der Waals surface area contributed by atoms with E-state index in [1.54, 1.807) is 24.3 Å². The molecule has 0 saturated heterocycles. The van der Waals surface area contributed by atoms with Gasteiger partial charge in [-0.15, -0.1) is 0 Å². The van der Waals surface area contributed by atoms with Gasteiger partial charge in [0.15, 0.2) is 0 Å². The van der Waals surface area contributed by atoms with Crippen molar-refractivity contribution >= 4 is 17.3 Å². The lowest BCUT2D eigenvalue weighted by Crippen LogP contribution is -2.07. The molecule has 0 N–H and O–H groups in total. The van der Waals surface area contributed by atoms with Crippen molar-refractivity contribution in [3.63, 3.8) is 0 Å². The molecular weight excluding hydrogens is 388 g/mol. The number of hydrogen-bond acceptors (Lipinski definition) is 5. The Morgan fingerprint density at radius 1 is 0.677 bits per heavy atom. The van der Waals surface area contributed by atoms with E-state index in [-0.39, 0.29) is 5.97 Å². The molecule has 0 saturated carbocycles. The Morgan fingerprint density at radius 2 is 1.16 bits per heavy atom. The van der Waals surface area contributed by atoms with Crippen LogP contribution in [-0.2, 0) is 4.79 Å². The van der Waals surface area contributed by atoms with Crippen LogP contribution in [-0.4, -0.2) is 12.6 Å². The third-order valence-corrected chi connectivity index (χ3v) is 4.98. The third kappa shape index (κ3) is 10.8. The zero-order valence-corrected chi connectivity index (χ0v) is 19.0. The summed E-state index contributed by atoms with van der Waals surface area (Å²) in [5, 5.41) is 8.43. The van der Waals surface area contributed by atoms with Gasteiger partial charge in [0.2, 0.25) is 0 Å². The minimum Gasteiger partial charge on any atom is -0.494 e. The van der Waals surface area contributed by atoms with Gasteiger partial charge >= 0.3 is 5.97 Å². The predicted octanol–water partition coefficient (Wildman–Crippen LogP) is 8.33. The maximum Gasteiger partial charge on any atom is 0.311 e. The van der Waals surface area contributed by atoms with E-state index in [1.807, 2.05) is 31.2 Å². The van der Waals surface area contributed by atoms with Gasteiger partial charge in [-0.1, -0.05) is 58.3 Å². The van der Waals surface area contributed by atoms with Gasteiger partial charge in [-0.25, -0.2) is 0 Å². The maximum absolute atomic E-state index is 12.0. The molecule has 0 atom stereocenters. The molecule has 0 unspecified atom stereocenters. The summed E-state index contributed by atoms with van der Waals surface area (Å²) in [6.07, 6.45) is 11.6. The molecule has 168 valence electrons. The van der Waals surface area contributed by atoms with Gasteiger partial charge in [0.1, 0.15) is 11.5 Å². The van der Waals surface area contributed by atoms with E-state index in [2.05, 4.69) is 17.2 Å². The van der Waals surface area contributed by atoms with Crippen LogP contribution in [0.1, 0.15) is 78.1 Å². The van der Waals surface area contributed by atoms with E-state index in [1.165, 1.54) is 44.9 Å². The highest BCUT2D eigenvalue weighted by Gasteiger charge is 2.05. The summed E-state index contributed by atoms with van der Waals surface area (Å²) in [5.41, 5.74) is 1.45. The highest BCUT2D eigenvalue weighted by Crippen LogP contribution is 2.23. The third-order valence-electron chi connectivity index (χ3n) is 4.98. The molecule has 0 fully saturated rings. The largest absolute Gasteiger partial charge is 0.494 e. The lowest BCUT2D eigenvalue weighted by atomic mass is 10.1. The molecule has 0 heterocycles. The summed E-state index contributed by atoms with van der Waals surface area (Å²) in [6.45, 7) is 4.83. The highest BCUT2D eigenvalue weighted by atomic mass is 16.5. The molecular formula is C26H36N2O3. The Balaban J connectivity index is 1.64. The number of hydrogen-bond donors (Lipinski definition) is 0. The zero-order valence-electron chi connectivity index (χ0n) is 19.0. The van der Waals surface area contributed by atoms with Gasteiger partial charge in [0.25, 0.3) is 0 Å². The van der Waals surface area contributed by atoms with Gasteiger partial charge < -0.3 is 9.47 Å². The second-order valence-corrected chi connectivity index (χ2v) is 7.67. The van der Waals surface area contributed by atoms with Crippen LogP contribution in [0, 0.1) is 0 Å². The molecule has 2 aromatic carbocycles. The van der Waals surface area contributed by atoms with Crippen LogP contribution in [0.2, 0.25) is 0 Å². The van der Waals surface area contributed by atoms with Crippen LogP contribution in [0.15, 0.2) is 58.8 Å². The van der Waals surface area contributed by atoms with Crippen LogP contribution in [0.4, 0.5) is 11.4 Å². The van der Waals surface area contributed by atoms with Crippen LogP contribution < -0.4 is 9.47 Å². The highest BCUT2D eigenvalue weighted by molar-refractivity contribution is 5.72. The standard InChI is InChI=1S/C26H36N2O3/c1-3-5-6-7-8-9-10-11-12-13-26(29)31-25-20-16-23(17-21-25)28-27-22-14-18-24(19-15-22)30-4-2/h14-21H,3-13H2,1-2H3. The van der Waals surface area contributed by atoms with Gasteiger partial charge in [-0.05, 0) is 61.9 Å². The van der Waals surface area contributed by atoms with Crippen molar-refractivity contribution in [3.8, 4) is 11.5 Å². The molecule has 5 heteroatoms. The van der Waals surface area contributed by atoms with Gasteiger partial charge in [-0.3, -0.25) is 4.79 Å². The Hall–Kier alpha value is -2.69. The van der Waals surface area contributed by atoms with E-state index in [9.17, 15) is 4.79 Å². The van der Waals surface area contributed by atoms with Crippen molar-refractivity contribution in [3.05, 3.63) is 48.5 Å². The molecule has 0 aliphatic rings. The fourth-order valence-electron chi connectivity index (χ4n) is 3.23. The second-order valence-electron chi connectivity index (χ2n) is 7.67. The van der Waals surface area contributed by atoms with Crippen LogP contribution in [0.5, 0.6) is 11.5 Å². The number of nitrogens with zero attached hydrogens (tertiary/aromatic N) is 2. The van der Waals surface area contributed by atoms with Crippen molar-refractivity contribution in [1.29, 1.82) is 0 Å². The first kappa shape index (κ1) is 24.6. The molecule has 0 radical (unpaired) electrons. The topological polar surface area (TPSA) is 60.2 Å². The van der Waals surface area contributed by atoms with Crippen LogP contribution in [0.25, 0.3) is 0 Å². The molecule has 2 aromatic rings. The van der Waals surface area contributed by atoms with Gasteiger partial charge in [-0.2, -0.15) is 10.2 Å². The maximum atomic E-state index is 12.0. The van der Waals surface area contributed by atoms with Crippen molar-refractivity contribution < 1.29 is 14.3 Å². The number of ether oxygens (including phenoxy) is 2. The van der Waals surface area contributed by atoms with Crippen LogP contribution >= 0.6 is 0 Å². The van der Waals surface area contributed by atoms with E-state index < -0.39 is 0 Å². The van der Waals surface area contributed by atoms with Gasteiger partial charge in [0.05, 0.1) is 18.0 Å². The van der Waals surface area contributed by atoms with Crippen molar-refractivity contribution in [1.82, 2.24) is 0 Å². The number of unbranched alkanes of at least 4 members (excludes halogenated alkanes) is 8. The average Bonchev–Trinajstić information content (AvgIpc) is 2.79. The minimum absolute atomic E-state index is 0.174. The number of rotatable bonds is 15. The Morgan fingerprint density at radius 3 is 1.68 bits per heavy atom. The van der Waals surface area contributed by atoms with E-state index in [0.717, 1.165) is 24.3 Å². The Labute approximate surface area is 186 Å². The molecule has 0 aliphatic heterocycles. The molecule has 2 rings (SSSR count). The van der Waals surface area contributed by atoms with Crippen molar-refractivity contribution in [2.24, 2.45) is 10.2 Å². The predicted molar refractivity (Wildman–Crippen MR) is 126 cm³/mol. The first-order valence-corrected chi connectivity index (χ1v) is 11.7. The lowest BCUT2D eigenvalue weighted by molar-refractivity contribution is -0.134. The summed E-state index contributed by atoms with van der Waals surface area (Å²) in [6, 6.07) is 14.5. The lowest BCUT2D eigenvalue weighted by Gasteiger charge is -2.05. The quantitative estimate of drug-likeness (QED) is 0.125. The molecule has 0 aliphatic carbocycles. The second kappa shape index (κ2) is 15.2. The van der Waals surface area contributed by atoms with E-state index in [4.69, 9.17) is 9.47 Å². The van der Waals surface area contributed by atoms with Crippen LogP contribution in [0.3, 0.4) is 0 Å². The van der Waals surface area contributed by atoms with Crippen molar-refractivity contribution in [2.45, 2.75) is 78.1 Å². The normalized spacial score (nSPS) is 11.0.